The van der Waals surface area contributed by atoms with Crippen molar-refractivity contribution in [3.05, 3.63) is 35.2 Å². The van der Waals surface area contributed by atoms with Gasteiger partial charge in [-0.2, -0.15) is 0 Å². The fraction of sp³-hybridized carbons (Fsp3) is 0.267. The van der Waals surface area contributed by atoms with E-state index < -0.39 is 0 Å². The first-order valence-corrected chi connectivity index (χ1v) is 8.27. The average molecular weight is 305 g/mol. The molecule has 3 rings (SSSR count). The van der Waals surface area contributed by atoms with E-state index in [1.807, 2.05) is 12.1 Å². The Kier molecular flexibility index (Phi) is 3.74. The lowest BCUT2D eigenvalue weighted by atomic mass is 10.2. The van der Waals surface area contributed by atoms with Crippen LogP contribution in [0.15, 0.2) is 30.3 Å². The fourth-order valence-electron chi connectivity index (χ4n) is 2.12. The largest absolute Gasteiger partial charge is 0.346 e. The highest BCUT2D eigenvalue weighted by molar-refractivity contribution is 7.33. The zero-order chi connectivity index (χ0) is 14.1. The molecule has 2 aromatic heterocycles. The van der Waals surface area contributed by atoms with E-state index in [2.05, 4.69) is 37.6 Å². The molecule has 0 bridgehead atoms. The Morgan fingerprint density at radius 1 is 1.20 bits per heavy atom. The van der Waals surface area contributed by atoms with E-state index in [0.29, 0.717) is 6.54 Å². The summed E-state index contributed by atoms with van der Waals surface area (Å²) in [5, 5.41) is 4.24. The topological polar surface area (TPSA) is 33.5 Å². The van der Waals surface area contributed by atoms with E-state index in [-0.39, 0.29) is 5.91 Å². The summed E-state index contributed by atoms with van der Waals surface area (Å²) in [4.78, 5) is 14.3. The van der Waals surface area contributed by atoms with Gasteiger partial charge in [0.15, 0.2) is 0 Å². The number of carbonyl (C=O) groups is 1. The van der Waals surface area contributed by atoms with Crippen molar-refractivity contribution in [3.63, 3.8) is 0 Å². The summed E-state index contributed by atoms with van der Waals surface area (Å²) in [7, 11) is 4.17. The van der Waals surface area contributed by atoms with Gasteiger partial charge < -0.3 is 10.2 Å². The summed E-state index contributed by atoms with van der Waals surface area (Å²) in [5.41, 5.74) is 0. The van der Waals surface area contributed by atoms with Gasteiger partial charge >= 0.3 is 0 Å². The van der Waals surface area contributed by atoms with Crippen LogP contribution in [-0.2, 0) is 0 Å². The van der Waals surface area contributed by atoms with Crippen molar-refractivity contribution in [3.8, 4) is 0 Å². The monoisotopic (exact) mass is 305 g/mol. The predicted octanol–water partition coefficient (Wildman–Crippen LogP) is 1.99. The molecule has 2 N–H and O–H groups in total. The van der Waals surface area contributed by atoms with Crippen LogP contribution < -0.4 is 10.2 Å². The standard InChI is InChI=1S/C15H16N2OS2/c1-17(2)8-7-16-15(18)13-9-12-14(20-13)10-5-3-4-6-11(10)19-12/h3-6,9H,7-8H2,1-2H3,(H,16,18)/p+1. The predicted molar refractivity (Wildman–Crippen MR) is 87.2 cm³/mol. The Labute approximate surface area is 125 Å². The molecule has 0 atom stereocenters. The maximum atomic E-state index is 12.1. The number of fused-ring (bicyclic) bond motifs is 3. The summed E-state index contributed by atoms with van der Waals surface area (Å²) in [6, 6.07) is 10.4. The van der Waals surface area contributed by atoms with Crippen molar-refractivity contribution in [1.82, 2.24) is 5.32 Å². The molecule has 20 heavy (non-hydrogen) atoms. The maximum Gasteiger partial charge on any atom is 0.261 e. The summed E-state index contributed by atoms with van der Waals surface area (Å²) in [6.45, 7) is 1.65. The van der Waals surface area contributed by atoms with Gasteiger partial charge in [-0.05, 0) is 12.1 Å². The Morgan fingerprint density at radius 2 is 2.00 bits per heavy atom. The number of hydrogen-bond donors (Lipinski definition) is 2. The smallest absolute Gasteiger partial charge is 0.261 e. The van der Waals surface area contributed by atoms with Gasteiger partial charge in [0.25, 0.3) is 5.91 Å². The van der Waals surface area contributed by atoms with Crippen molar-refractivity contribution in [2.45, 2.75) is 0 Å². The van der Waals surface area contributed by atoms with Crippen molar-refractivity contribution >= 4 is 48.1 Å². The highest BCUT2D eigenvalue weighted by atomic mass is 32.1. The molecule has 0 aliphatic carbocycles. The molecule has 0 saturated carbocycles. The second-order valence-electron chi connectivity index (χ2n) is 5.12. The molecule has 0 spiro atoms. The first kappa shape index (κ1) is 13.5. The van der Waals surface area contributed by atoms with Crippen LogP contribution in [0.5, 0.6) is 0 Å². The molecule has 5 heteroatoms. The molecule has 104 valence electrons. The number of nitrogens with one attached hydrogen (secondary N) is 2. The Morgan fingerprint density at radius 3 is 2.80 bits per heavy atom. The van der Waals surface area contributed by atoms with E-state index in [1.54, 1.807) is 22.7 Å². The Bertz CT molecular complexity index is 758. The molecular formula is C15H17N2OS2+. The van der Waals surface area contributed by atoms with Crippen LogP contribution in [-0.4, -0.2) is 33.1 Å². The van der Waals surface area contributed by atoms with Crippen LogP contribution in [0.1, 0.15) is 9.67 Å². The third-order valence-electron chi connectivity index (χ3n) is 3.18. The number of benzene rings is 1. The zero-order valence-corrected chi connectivity index (χ0v) is 13.2. The van der Waals surface area contributed by atoms with Crippen molar-refractivity contribution in [1.29, 1.82) is 0 Å². The number of quaternary nitrogens is 1. The van der Waals surface area contributed by atoms with Gasteiger partial charge in [0.2, 0.25) is 0 Å². The van der Waals surface area contributed by atoms with E-state index in [4.69, 9.17) is 0 Å². The minimum Gasteiger partial charge on any atom is -0.346 e. The van der Waals surface area contributed by atoms with Gasteiger partial charge in [0.05, 0.1) is 36.8 Å². The lowest BCUT2D eigenvalue weighted by molar-refractivity contribution is -0.856. The summed E-state index contributed by atoms with van der Waals surface area (Å²) >= 11 is 3.35. The van der Waals surface area contributed by atoms with Crippen LogP contribution in [0.2, 0.25) is 0 Å². The number of likely N-dealkylation sites (N-methyl/N-ethyl adjacent to an activating group) is 1. The minimum atomic E-state index is 0.0451. The average Bonchev–Trinajstić information content (AvgIpc) is 2.95. The highest BCUT2D eigenvalue weighted by Crippen LogP contribution is 2.39. The number of amides is 1. The van der Waals surface area contributed by atoms with Gasteiger partial charge in [-0.3, -0.25) is 4.79 Å². The summed E-state index contributed by atoms with van der Waals surface area (Å²) < 4.78 is 3.73. The second-order valence-corrected chi connectivity index (χ2v) is 7.25. The second kappa shape index (κ2) is 5.52. The van der Waals surface area contributed by atoms with Crippen molar-refractivity contribution in [2.75, 3.05) is 27.2 Å². The first-order chi connectivity index (χ1) is 9.65. The van der Waals surface area contributed by atoms with Gasteiger partial charge in [-0.15, -0.1) is 22.7 Å². The highest BCUT2D eigenvalue weighted by Gasteiger charge is 2.14. The SMILES string of the molecule is C[NH+](C)CCNC(=O)c1cc2sc3ccccc3c2s1. The summed E-state index contributed by atoms with van der Waals surface area (Å²) in [5.74, 6) is 0.0451. The molecular weight excluding hydrogens is 288 g/mol. The molecule has 2 heterocycles. The quantitative estimate of drug-likeness (QED) is 0.759. The molecule has 0 radical (unpaired) electrons. The molecule has 0 unspecified atom stereocenters. The third-order valence-corrected chi connectivity index (χ3v) is 5.60. The number of rotatable bonds is 4. The van der Waals surface area contributed by atoms with E-state index >= 15 is 0 Å². The number of hydrogen-bond acceptors (Lipinski definition) is 3. The van der Waals surface area contributed by atoms with E-state index in [1.165, 1.54) is 24.4 Å². The first-order valence-electron chi connectivity index (χ1n) is 6.63. The Hall–Kier alpha value is -1.43. The van der Waals surface area contributed by atoms with Crippen LogP contribution in [0.25, 0.3) is 19.5 Å². The molecule has 0 saturated heterocycles. The lowest BCUT2D eigenvalue weighted by Gasteiger charge is -2.07. The Balaban J connectivity index is 1.84. The minimum absolute atomic E-state index is 0.0451. The lowest BCUT2D eigenvalue weighted by Crippen LogP contribution is -3.06. The van der Waals surface area contributed by atoms with Crippen LogP contribution in [0.4, 0.5) is 0 Å². The zero-order valence-electron chi connectivity index (χ0n) is 11.5. The van der Waals surface area contributed by atoms with Gasteiger partial charge in [-0.25, -0.2) is 0 Å². The third kappa shape index (κ3) is 2.57. The molecule has 3 nitrogen and oxygen atoms in total. The number of thiophene rings is 2. The van der Waals surface area contributed by atoms with Gasteiger partial charge in [-0.1, -0.05) is 18.2 Å². The van der Waals surface area contributed by atoms with Crippen LogP contribution in [0.3, 0.4) is 0 Å². The molecule has 0 aliphatic heterocycles. The summed E-state index contributed by atoms with van der Waals surface area (Å²) in [6.07, 6.45) is 0. The molecule has 0 aliphatic rings. The van der Waals surface area contributed by atoms with E-state index in [0.717, 1.165) is 11.4 Å². The van der Waals surface area contributed by atoms with E-state index in [9.17, 15) is 4.79 Å². The fourth-order valence-corrected chi connectivity index (χ4v) is 4.57. The number of carbonyl (C=O) groups excluding carboxylic acids is 1. The molecule has 1 amide bonds. The van der Waals surface area contributed by atoms with Gasteiger partial charge in [0, 0.05) is 14.8 Å². The van der Waals surface area contributed by atoms with Gasteiger partial charge in [0.1, 0.15) is 0 Å². The molecule has 1 aromatic carbocycles. The molecule has 3 aromatic rings. The maximum absolute atomic E-state index is 12.1. The normalized spacial score (nSPS) is 11.6. The molecule has 0 fully saturated rings. The van der Waals surface area contributed by atoms with Crippen LogP contribution in [0, 0.1) is 0 Å². The van der Waals surface area contributed by atoms with Crippen molar-refractivity contribution < 1.29 is 9.69 Å². The van der Waals surface area contributed by atoms with Crippen molar-refractivity contribution in [2.24, 2.45) is 0 Å². The van der Waals surface area contributed by atoms with Crippen LogP contribution >= 0.6 is 22.7 Å².